The lowest BCUT2D eigenvalue weighted by atomic mass is 10.0. The summed E-state index contributed by atoms with van der Waals surface area (Å²) in [7, 11) is 1.67. The highest BCUT2D eigenvalue weighted by molar-refractivity contribution is 5.81. The fourth-order valence-electron chi connectivity index (χ4n) is 3.07. The summed E-state index contributed by atoms with van der Waals surface area (Å²) in [6, 6.07) is 13.7. The van der Waals surface area contributed by atoms with Gasteiger partial charge in [0.15, 0.2) is 0 Å². The quantitative estimate of drug-likeness (QED) is 0.528. The maximum absolute atomic E-state index is 5.50. The first-order valence-electron chi connectivity index (χ1n) is 8.94. The van der Waals surface area contributed by atoms with Crippen LogP contribution in [-0.2, 0) is 6.54 Å². The van der Waals surface area contributed by atoms with Crippen LogP contribution in [0.5, 0.6) is 5.75 Å². The number of anilines is 1. The average Bonchev–Trinajstić information content (AvgIpc) is 3.18. The van der Waals surface area contributed by atoms with Crippen LogP contribution < -0.4 is 10.1 Å². The van der Waals surface area contributed by atoms with Gasteiger partial charge in [-0.15, -0.1) is 0 Å². The SMILES string of the molecule is COc1ccccc1CNc1ncc(-c2ccncc2)c(-c2ccoc2C)n1. The van der Waals surface area contributed by atoms with Gasteiger partial charge in [0, 0.05) is 41.8 Å². The number of aryl methyl sites for hydroxylation is 1. The van der Waals surface area contributed by atoms with Crippen molar-refractivity contribution in [2.75, 3.05) is 12.4 Å². The van der Waals surface area contributed by atoms with Gasteiger partial charge in [-0.05, 0) is 36.8 Å². The largest absolute Gasteiger partial charge is 0.496 e. The molecule has 0 fully saturated rings. The van der Waals surface area contributed by atoms with Crippen molar-refractivity contribution in [3.63, 3.8) is 0 Å². The first-order valence-corrected chi connectivity index (χ1v) is 8.94. The fraction of sp³-hybridized carbons (Fsp3) is 0.136. The topological polar surface area (TPSA) is 73.1 Å². The Kier molecular flexibility index (Phi) is 5.01. The minimum atomic E-state index is 0.541. The van der Waals surface area contributed by atoms with Gasteiger partial charge in [-0.1, -0.05) is 18.2 Å². The maximum atomic E-state index is 5.50. The first kappa shape index (κ1) is 17.7. The van der Waals surface area contributed by atoms with Gasteiger partial charge < -0.3 is 14.5 Å². The van der Waals surface area contributed by atoms with Crippen molar-refractivity contribution in [1.82, 2.24) is 15.0 Å². The third kappa shape index (κ3) is 3.57. The number of furan rings is 1. The molecule has 28 heavy (non-hydrogen) atoms. The number of pyridine rings is 1. The van der Waals surface area contributed by atoms with E-state index in [1.54, 1.807) is 25.8 Å². The monoisotopic (exact) mass is 372 g/mol. The standard InChI is InChI=1S/C22H20N4O2/c1-15-18(9-12-28-15)21-19(16-7-10-23-11-8-16)14-25-22(26-21)24-13-17-5-3-4-6-20(17)27-2/h3-12,14H,13H2,1-2H3,(H,24,25,26). The van der Waals surface area contributed by atoms with Crippen molar-refractivity contribution in [3.05, 3.63) is 78.6 Å². The van der Waals surface area contributed by atoms with Crippen LogP contribution in [0.25, 0.3) is 22.4 Å². The van der Waals surface area contributed by atoms with Gasteiger partial charge in [0.2, 0.25) is 5.95 Å². The first-order chi connectivity index (χ1) is 13.8. The molecule has 0 atom stereocenters. The summed E-state index contributed by atoms with van der Waals surface area (Å²) in [5.74, 6) is 2.18. The number of nitrogens with zero attached hydrogens (tertiary/aromatic N) is 3. The predicted molar refractivity (Wildman–Crippen MR) is 108 cm³/mol. The van der Waals surface area contributed by atoms with Crippen molar-refractivity contribution >= 4 is 5.95 Å². The van der Waals surface area contributed by atoms with Gasteiger partial charge >= 0.3 is 0 Å². The zero-order valence-electron chi connectivity index (χ0n) is 15.7. The Morgan fingerprint density at radius 3 is 2.61 bits per heavy atom. The van der Waals surface area contributed by atoms with E-state index in [1.807, 2.05) is 55.6 Å². The molecule has 1 N–H and O–H groups in total. The summed E-state index contributed by atoms with van der Waals surface area (Å²) < 4.78 is 10.9. The average molecular weight is 372 g/mol. The van der Waals surface area contributed by atoms with Crippen LogP contribution >= 0.6 is 0 Å². The summed E-state index contributed by atoms with van der Waals surface area (Å²) in [5.41, 5.74) is 4.72. The minimum Gasteiger partial charge on any atom is -0.496 e. The molecule has 0 saturated heterocycles. The normalized spacial score (nSPS) is 10.6. The van der Waals surface area contributed by atoms with Crippen LogP contribution in [0.3, 0.4) is 0 Å². The predicted octanol–water partition coefficient (Wildman–Crippen LogP) is 4.73. The lowest BCUT2D eigenvalue weighted by Gasteiger charge is -2.12. The molecule has 0 unspecified atom stereocenters. The molecule has 0 spiro atoms. The number of methoxy groups -OCH3 is 1. The van der Waals surface area contributed by atoms with Crippen molar-refractivity contribution in [2.24, 2.45) is 0 Å². The highest BCUT2D eigenvalue weighted by Crippen LogP contribution is 2.33. The van der Waals surface area contributed by atoms with E-state index in [-0.39, 0.29) is 0 Å². The Morgan fingerprint density at radius 2 is 1.86 bits per heavy atom. The van der Waals surface area contributed by atoms with Crippen LogP contribution in [0, 0.1) is 6.92 Å². The van der Waals surface area contributed by atoms with Gasteiger partial charge in [0.1, 0.15) is 11.5 Å². The number of benzene rings is 1. The second-order valence-corrected chi connectivity index (χ2v) is 6.25. The number of para-hydroxylation sites is 1. The summed E-state index contributed by atoms with van der Waals surface area (Å²) in [5, 5.41) is 3.29. The lowest BCUT2D eigenvalue weighted by molar-refractivity contribution is 0.410. The smallest absolute Gasteiger partial charge is 0.223 e. The molecule has 0 bridgehead atoms. The van der Waals surface area contributed by atoms with E-state index >= 15 is 0 Å². The van der Waals surface area contributed by atoms with Crippen LogP contribution in [0.2, 0.25) is 0 Å². The summed E-state index contributed by atoms with van der Waals surface area (Å²) >= 11 is 0. The number of ether oxygens (including phenoxy) is 1. The Balaban J connectivity index is 1.69. The Morgan fingerprint density at radius 1 is 1.04 bits per heavy atom. The number of hydrogen-bond acceptors (Lipinski definition) is 6. The van der Waals surface area contributed by atoms with Gasteiger partial charge in [0.05, 0.1) is 19.1 Å². The third-order valence-electron chi connectivity index (χ3n) is 4.52. The van der Waals surface area contributed by atoms with E-state index < -0.39 is 0 Å². The molecule has 140 valence electrons. The third-order valence-corrected chi connectivity index (χ3v) is 4.52. The van der Waals surface area contributed by atoms with Crippen molar-refractivity contribution in [3.8, 4) is 28.1 Å². The second-order valence-electron chi connectivity index (χ2n) is 6.25. The molecule has 6 nitrogen and oxygen atoms in total. The maximum Gasteiger partial charge on any atom is 0.223 e. The minimum absolute atomic E-state index is 0.541. The van der Waals surface area contributed by atoms with Crippen molar-refractivity contribution in [2.45, 2.75) is 13.5 Å². The number of rotatable bonds is 6. The molecule has 3 heterocycles. The van der Waals surface area contributed by atoms with E-state index in [4.69, 9.17) is 14.1 Å². The van der Waals surface area contributed by atoms with Crippen LogP contribution in [0.1, 0.15) is 11.3 Å². The van der Waals surface area contributed by atoms with Gasteiger partial charge in [-0.3, -0.25) is 4.98 Å². The summed E-state index contributed by atoms with van der Waals surface area (Å²) in [4.78, 5) is 13.4. The molecular weight excluding hydrogens is 352 g/mol. The molecule has 6 heteroatoms. The van der Waals surface area contributed by atoms with E-state index in [0.717, 1.165) is 39.5 Å². The van der Waals surface area contributed by atoms with Gasteiger partial charge in [-0.2, -0.15) is 0 Å². The van der Waals surface area contributed by atoms with Crippen LogP contribution in [-0.4, -0.2) is 22.1 Å². The van der Waals surface area contributed by atoms with Crippen molar-refractivity contribution < 1.29 is 9.15 Å². The van der Waals surface area contributed by atoms with E-state index in [1.165, 1.54) is 0 Å². The number of aromatic nitrogens is 3. The zero-order chi connectivity index (χ0) is 19.3. The molecule has 0 saturated carbocycles. The summed E-state index contributed by atoms with van der Waals surface area (Å²) in [6.07, 6.45) is 7.02. The molecular formula is C22H20N4O2. The Labute approximate surface area is 163 Å². The zero-order valence-corrected chi connectivity index (χ0v) is 15.7. The number of nitrogens with one attached hydrogen (secondary N) is 1. The van der Waals surface area contributed by atoms with Crippen molar-refractivity contribution in [1.29, 1.82) is 0 Å². The number of hydrogen-bond donors (Lipinski definition) is 1. The molecule has 1 aromatic carbocycles. The lowest BCUT2D eigenvalue weighted by Crippen LogP contribution is -2.06. The van der Waals surface area contributed by atoms with Crippen LogP contribution in [0.15, 0.2) is 71.7 Å². The van der Waals surface area contributed by atoms with Gasteiger partial charge in [-0.25, -0.2) is 9.97 Å². The van der Waals surface area contributed by atoms with Crippen LogP contribution in [0.4, 0.5) is 5.95 Å². The Hall–Kier alpha value is -3.67. The molecule has 0 aliphatic carbocycles. The molecule has 0 aliphatic heterocycles. The highest BCUT2D eigenvalue weighted by Gasteiger charge is 2.15. The molecule has 3 aromatic heterocycles. The summed E-state index contributed by atoms with van der Waals surface area (Å²) in [6.45, 7) is 2.48. The second kappa shape index (κ2) is 7.92. The molecule has 0 radical (unpaired) electrons. The van der Waals surface area contributed by atoms with E-state index in [2.05, 4.69) is 15.3 Å². The van der Waals surface area contributed by atoms with Gasteiger partial charge in [0.25, 0.3) is 0 Å². The molecule has 0 amide bonds. The fourth-order valence-corrected chi connectivity index (χ4v) is 3.07. The molecule has 4 rings (SSSR count). The van der Waals surface area contributed by atoms with E-state index in [9.17, 15) is 0 Å². The Bertz CT molecular complexity index is 1080. The molecule has 0 aliphatic rings. The molecule has 4 aromatic rings. The van der Waals surface area contributed by atoms with E-state index in [0.29, 0.717) is 12.5 Å². The highest BCUT2D eigenvalue weighted by atomic mass is 16.5.